The molecule has 1 saturated carbocycles. The second-order valence-corrected chi connectivity index (χ2v) is 5.81. The van der Waals surface area contributed by atoms with Gasteiger partial charge in [-0.1, -0.05) is 37.1 Å². The quantitative estimate of drug-likeness (QED) is 0.858. The third-order valence-electron chi connectivity index (χ3n) is 4.63. The molecule has 2 aliphatic carbocycles. The van der Waals surface area contributed by atoms with E-state index in [0.717, 1.165) is 13.0 Å². The number of hydrogen-bond acceptors (Lipinski definition) is 2. The zero-order chi connectivity index (χ0) is 12.4. The van der Waals surface area contributed by atoms with Gasteiger partial charge >= 0.3 is 0 Å². The first-order valence-electron chi connectivity index (χ1n) is 7.34. The van der Waals surface area contributed by atoms with E-state index in [-0.39, 0.29) is 6.10 Å². The highest BCUT2D eigenvalue weighted by molar-refractivity contribution is 5.34. The molecule has 0 amide bonds. The molecule has 3 rings (SSSR count). The van der Waals surface area contributed by atoms with E-state index in [1.54, 1.807) is 0 Å². The average Bonchev–Trinajstić information content (AvgIpc) is 2.81. The lowest BCUT2D eigenvalue weighted by Gasteiger charge is -2.29. The Morgan fingerprint density at radius 2 is 1.94 bits per heavy atom. The molecule has 0 saturated heterocycles. The van der Waals surface area contributed by atoms with Gasteiger partial charge in [-0.15, -0.1) is 0 Å². The molecule has 1 aromatic carbocycles. The number of benzene rings is 1. The third-order valence-corrected chi connectivity index (χ3v) is 4.63. The van der Waals surface area contributed by atoms with Gasteiger partial charge in [0, 0.05) is 12.6 Å². The summed E-state index contributed by atoms with van der Waals surface area (Å²) in [7, 11) is 0. The Bertz CT molecular complexity index is 404. The Hall–Kier alpha value is -0.860. The van der Waals surface area contributed by atoms with E-state index >= 15 is 0 Å². The monoisotopic (exact) mass is 245 g/mol. The van der Waals surface area contributed by atoms with Crippen LogP contribution in [0.3, 0.4) is 0 Å². The number of nitrogens with one attached hydrogen (secondary N) is 1. The molecule has 98 valence electrons. The topological polar surface area (TPSA) is 32.3 Å². The van der Waals surface area contributed by atoms with Gasteiger partial charge in [0.2, 0.25) is 0 Å². The minimum absolute atomic E-state index is 0.0807. The molecule has 0 bridgehead atoms. The lowest BCUT2D eigenvalue weighted by atomic mass is 9.86. The molecule has 3 atom stereocenters. The molecule has 2 heteroatoms. The predicted octanol–water partition coefficient (Wildman–Crippen LogP) is 2.81. The fourth-order valence-corrected chi connectivity index (χ4v) is 3.49. The van der Waals surface area contributed by atoms with Gasteiger partial charge in [-0.25, -0.2) is 0 Å². The van der Waals surface area contributed by atoms with Gasteiger partial charge < -0.3 is 10.4 Å². The van der Waals surface area contributed by atoms with Gasteiger partial charge in [0.1, 0.15) is 0 Å². The van der Waals surface area contributed by atoms with Crippen LogP contribution in [0, 0.1) is 5.92 Å². The van der Waals surface area contributed by atoms with Crippen LogP contribution in [0.5, 0.6) is 0 Å². The Labute approximate surface area is 109 Å². The van der Waals surface area contributed by atoms with Crippen molar-refractivity contribution in [2.45, 2.75) is 50.7 Å². The maximum absolute atomic E-state index is 10.00. The molecule has 2 aliphatic rings. The lowest BCUT2D eigenvalue weighted by Crippen LogP contribution is -2.35. The van der Waals surface area contributed by atoms with E-state index in [2.05, 4.69) is 29.6 Å². The van der Waals surface area contributed by atoms with Crippen LogP contribution in [0.15, 0.2) is 24.3 Å². The van der Waals surface area contributed by atoms with Crippen molar-refractivity contribution in [3.63, 3.8) is 0 Å². The molecule has 0 aliphatic heterocycles. The molecular weight excluding hydrogens is 222 g/mol. The van der Waals surface area contributed by atoms with Crippen molar-refractivity contribution in [2.75, 3.05) is 6.54 Å². The van der Waals surface area contributed by atoms with Crippen LogP contribution >= 0.6 is 0 Å². The molecule has 2 nitrogen and oxygen atoms in total. The van der Waals surface area contributed by atoms with Gasteiger partial charge in [0.25, 0.3) is 0 Å². The summed E-state index contributed by atoms with van der Waals surface area (Å²) < 4.78 is 0. The van der Waals surface area contributed by atoms with Crippen molar-refractivity contribution in [1.29, 1.82) is 0 Å². The molecule has 1 fully saturated rings. The minimum Gasteiger partial charge on any atom is -0.393 e. The molecule has 0 spiro atoms. The van der Waals surface area contributed by atoms with Crippen LogP contribution in [-0.4, -0.2) is 17.8 Å². The van der Waals surface area contributed by atoms with Gasteiger partial charge in [-0.3, -0.25) is 0 Å². The van der Waals surface area contributed by atoms with Crippen molar-refractivity contribution in [1.82, 2.24) is 5.32 Å². The van der Waals surface area contributed by atoms with Crippen LogP contribution in [0.25, 0.3) is 0 Å². The van der Waals surface area contributed by atoms with E-state index in [9.17, 15) is 5.11 Å². The largest absolute Gasteiger partial charge is 0.393 e. The van der Waals surface area contributed by atoms with E-state index in [1.807, 2.05) is 0 Å². The Morgan fingerprint density at radius 3 is 2.83 bits per heavy atom. The second-order valence-electron chi connectivity index (χ2n) is 5.81. The summed E-state index contributed by atoms with van der Waals surface area (Å²) in [5, 5.41) is 13.7. The van der Waals surface area contributed by atoms with Crippen molar-refractivity contribution < 1.29 is 5.11 Å². The van der Waals surface area contributed by atoms with Crippen LogP contribution in [0.4, 0.5) is 0 Å². The maximum atomic E-state index is 10.00. The molecule has 2 N–H and O–H groups in total. The standard InChI is InChI=1S/C16H23NO/c18-16-8-4-2-6-13(16)11-17-15-10-9-12-5-1-3-7-14(12)15/h1,3,5,7,13,15-18H,2,4,6,8-11H2. The van der Waals surface area contributed by atoms with Crippen molar-refractivity contribution in [3.05, 3.63) is 35.4 Å². The van der Waals surface area contributed by atoms with Gasteiger partial charge in [-0.05, 0) is 42.7 Å². The second kappa shape index (κ2) is 5.41. The summed E-state index contributed by atoms with van der Waals surface area (Å²) in [6.45, 7) is 0.972. The highest BCUT2D eigenvalue weighted by Gasteiger charge is 2.26. The fourth-order valence-electron chi connectivity index (χ4n) is 3.49. The number of hydrogen-bond donors (Lipinski definition) is 2. The lowest BCUT2D eigenvalue weighted by molar-refractivity contribution is 0.0681. The average molecular weight is 245 g/mol. The minimum atomic E-state index is -0.0807. The number of aryl methyl sites for hydroxylation is 1. The van der Waals surface area contributed by atoms with Gasteiger partial charge in [-0.2, -0.15) is 0 Å². The summed E-state index contributed by atoms with van der Waals surface area (Å²) in [5.74, 6) is 0.464. The van der Waals surface area contributed by atoms with Gasteiger partial charge in [0.15, 0.2) is 0 Å². The summed E-state index contributed by atoms with van der Waals surface area (Å²) in [6, 6.07) is 9.26. The molecule has 0 heterocycles. The van der Waals surface area contributed by atoms with E-state index in [4.69, 9.17) is 0 Å². The zero-order valence-corrected chi connectivity index (χ0v) is 10.9. The van der Waals surface area contributed by atoms with Crippen molar-refractivity contribution in [2.24, 2.45) is 5.92 Å². The summed E-state index contributed by atoms with van der Waals surface area (Å²) >= 11 is 0. The fraction of sp³-hybridized carbons (Fsp3) is 0.625. The number of aliphatic hydroxyl groups is 1. The highest BCUT2D eigenvalue weighted by Crippen LogP contribution is 2.31. The van der Waals surface area contributed by atoms with Crippen LogP contribution in [-0.2, 0) is 6.42 Å². The number of fused-ring (bicyclic) bond motifs is 1. The summed E-state index contributed by atoms with van der Waals surface area (Å²) in [6.07, 6.45) is 6.98. The Kier molecular flexibility index (Phi) is 3.67. The van der Waals surface area contributed by atoms with Crippen molar-refractivity contribution in [3.8, 4) is 0 Å². The van der Waals surface area contributed by atoms with Crippen LogP contribution < -0.4 is 5.32 Å². The maximum Gasteiger partial charge on any atom is 0.0580 e. The predicted molar refractivity (Wildman–Crippen MR) is 73.5 cm³/mol. The van der Waals surface area contributed by atoms with E-state index < -0.39 is 0 Å². The first kappa shape index (κ1) is 12.2. The van der Waals surface area contributed by atoms with Crippen LogP contribution in [0.1, 0.15) is 49.3 Å². The molecule has 1 aromatic rings. The molecule has 0 aromatic heterocycles. The summed E-state index contributed by atoms with van der Waals surface area (Å²) in [4.78, 5) is 0. The zero-order valence-electron chi connectivity index (χ0n) is 10.9. The molecule has 18 heavy (non-hydrogen) atoms. The van der Waals surface area contributed by atoms with Crippen LogP contribution in [0.2, 0.25) is 0 Å². The van der Waals surface area contributed by atoms with E-state index in [1.165, 1.54) is 43.2 Å². The SMILES string of the molecule is OC1CCCCC1CNC1CCc2ccccc21. The molecule has 3 unspecified atom stereocenters. The Morgan fingerprint density at radius 1 is 1.11 bits per heavy atom. The molecular formula is C16H23NO. The Balaban J connectivity index is 1.58. The molecule has 0 radical (unpaired) electrons. The first-order chi connectivity index (χ1) is 8.84. The van der Waals surface area contributed by atoms with Gasteiger partial charge in [0.05, 0.1) is 6.10 Å². The third kappa shape index (κ3) is 2.45. The first-order valence-corrected chi connectivity index (χ1v) is 7.34. The van der Waals surface area contributed by atoms with E-state index in [0.29, 0.717) is 12.0 Å². The smallest absolute Gasteiger partial charge is 0.0580 e. The highest BCUT2D eigenvalue weighted by atomic mass is 16.3. The normalized spacial score (nSPS) is 31.3. The number of aliphatic hydroxyl groups excluding tert-OH is 1. The number of rotatable bonds is 3. The summed E-state index contributed by atoms with van der Waals surface area (Å²) in [5.41, 5.74) is 2.97. The van der Waals surface area contributed by atoms with Crippen molar-refractivity contribution >= 4 is 0 Å².